The maximum atomic E-state index is 11.2. The van der Waals surface area contributed by atoms with E-state index in [0.29, 0.717) is 0 Å². The van der Waals surface area contributed by atoms with Gasteiger partial charge in [0.1, 0.15) is 0 Å². The summed E-state index contributed by atoms with van der Waals surface area (Å²) in [6, 6.07) is 17.0. The van der Waals surface area contributed by atoms with E-state index in [1.807, 2.05) is 42.5 Å². The van der Waals surface area contributed by atoms with Crippen molar-refractivity contribution in [3.05, 3.63) is 70.0 Å². The van der Waals surface area contributed by atoms with Gasteiger partial charge >= 0.3 is 0 Å². The molecular weight excluding hydrogens is 246 g/mol. The zero-order valence-corrected chi connectivity index (χ0v) is 10.2. The Morgan fingerprint density at radius 1 is 0.833 bits per heavy atom. The lowest BCUT2D eigenvalue weighted by Gasteiger charge is -2.04. The molecule has 0 radical (unpaired) electrons. The molecule has 3 aromatic rings. The van der Waals surface area contributed by atoms with Gasteiger partial charge in [0.2, 0.25) is 5.56 Å². The van der Waals surface area contributed by atoms with E-state index in [1.54, 1.807) is 0 Å². The Hall–Kier alpha value is -2.06. The lowest BCUT2D eigenvalue weighted by Crippen LogP contribution is -2.01. The van der Waals surface area contributed by atoms with Crippen LogP contribution in [0, 0.1) is 0 Å². The summed E-state index contributed by atoms with van der Waals surface area (Å²) in [4.78, 5) is 14.0. The molecule has 0 amide bonds. The van der Waals surface area contributed by atoms with Crippen molar-refractivity contribution in [2.75, 3.05) is 0 Å². The minimum atomic E-state index is -0.0817. The first-order chi connectivity index (χ1) is 8.72. The first kappa shape index (κ1) is 11.1. The smallest absolute Gasteiger partial charge is 0.248 e. The fraction of sp³-hybridized carbons (Fsp3) is 0. The number of hydrogen-bond donors (Lipinski definition) is 1. The SMILES string of the molecule is O=c1ccc2cc(-c3ccc(Cl)cc3)ccc2[nH]1. The van der Waals surface area contributed by atoms with Crippen LogP contribution in [0.4, 0.5) is 0 Å². The largest absolute Gasteiger partial charge is 0.322 e. The van der Waals surface area contributed by atoms with Crippen molar-refractivity contribution in [3.8, 4) is 11.1 Å². The Kier molecular flexibility index (Phi) is 2.65. The summed E-state index contributed by atoms with van der Waals surface area (Å²) in [5, 5.41) is 1.74. The molecule has 0 aliphatic heterocycles. The molecule has 1 aromatic heterocycles. The zero-order chi connectivity index (χ0) is 12.5. The monoisotopic (exact) mass is 255 g/mol. The third-order valence-electron chi connectivity index (χ3n) is 2.90. The molecule has 0 atom stereocenters. The second kappa shape index (κ2) is 4.31. The van der Waals surface area contributed by atoms with Crippen LogP contribution in [-0.4, -0.2) is 4.98 Å². The van der Waals surface area contributed by atoms with Gasteiger partial charge < -0.3 is 4.98 Å². The van der Waals surface area contributed by atoms with Crippen molar-refractivity contribution in [1.29, 1.82) is 0 Å². The van der Waals surface area contributed by atoms with Crippen molar-refractivity contribution in [1.82, 2.24) is 4.98 Å². The second-order valence-electron chi connectivity index (χ2n) is 4.13. The van der Waals surface area contributed by atoms with Gasteiger partial charge in [0.15, 0.2) is 0 Å². The number of nitrogens with one attached hydrogen (secondary N) is 1. The maximum absolute atomic E-state index is 11.2. The predicted octanol–water partition coefficient (Wildman–Crippen LogP) is 3.85. The fourth-order valence-electron chi connectivity index (χ4n) is 1.98. The van der Waals surface area contributed by atoms with Crippen molar-refractivity contribution >= 4 is 22.5 Å². The Balaban J connectivity index is 2.16. The molecule has 2 aromatic carbocycles. The highest BCUT2D eigenvalue weighted by Crippen LogP contribution is 2.24. The normalized spacial score (nSPS) is 10.7. The van der Waals surface area contributed by atoms with E-state index >= 15 is 0 Å². The van der Waals surface area contributed by atoms with Gasteiger partial charge in [0.05, 0.1) is 0 Å². The minimum Gasteiger partial charge on any atom is -0.322 e. The van der Waals surface area contributed by atoms with E-state index in [0.717, 1.165) is 27.1 Å². The van der Waals surface area contributed by atoms with E-state index < -0.39 is 0 Å². The number of benzene rings is 2. The molecule has 18 heavy (non-hydrogen) atoms. The number of aromatic nitrogens is 1. The van der Waals surface area contributed by atoms with Crippen molar-refractivity contribution < 1.29 is 0 Å². The van der Waals surface area contributed by atoms with Crippen LogP contribution in [0.3, 0.4) is 0 Å². The second-order valence-corrected chi connectivity index (χ2v) is 4.57. The van der Waals surface area contributed by atoms with Gasteiger partial charge in [0, 0.05) is 16.6 Å². The van der Waals surface area contributed by atoms with Crippen LogP contribution in [0.15, 0.2) is 59.4 Å². The molecule has 0 saturated carbocycles. The fourth-order valence-corrected chi connectivity index (χ4v) is 2.10. The molecule has 1 N–H and O–H groups in total. The minimum absolute atomic E-state index is 0.0817. The highest BCUT2D eigenvalue weighted by Gasteiger charge is 2.00. The van der Waals surface area contributed by atoms with Gasteiger partial charge in [0.25, 0.3) is 0 Å². The van der Waals surface area contributed by atoms with Crippen LogP contribution in [0.5, 0.6) is 0 Å². The number of hydrogen-bond acceptors (Lipinski definition) is 1. The van der Waals surface area contributed by atoms with Crippen LogP contribution in [0.2, 0.25) is 5.02 Å². The number of fused-ring (bicyclic) bond motifs is 1. The molecule has 1 heterocycles. The molecule has 0 fully saturated rings. The van der Waals surface area contributed by atoms with Crippen molar-refractivity contribution in [2.45, 2.75) is 0 Å². The zero-order valence-electron chi connectivity index (χ0n) is 9.48. The van der Waals surface area contributed by atoms with Crippen molar-refractivity contribution in [3.63, 3.8) is 0 Å². The van der Waals surface area contributed by atoms with Crippen LogP contribution < -0.4 is 5.56 Å². The summed E-state index contributed by atoms with van der Waals surface area (Å²) in [6.07, 6.45) is 0. The average molecular weight is 256 g/mol. The van der Waals surface area contributed by atoms with E-state index in [4.69, 9.17) is 11.6 Å². The van der Waals surface area contributed by atoms with Crippen LogP contribution in [-0.2, 0) is 0 Å². The summed E-state index contributed by atoms with van der Waals surface area (Å²) in [7, 11) is 0. The Labute approximate surface area is 109 Å². The highest BCUT2D eigenvalue weighted by atomic mass is 35.5. The van der Waals surface area contributed by atoms with Gasteiger partial charge in [-0.25, -0.2) is 0 Å². The van der Waals surface area contributed by atoms with Crippen LogP contribution >= 0.6 is 11.6 Å². The highest BCUT2D eigenvalue weighted by molar-refractivity contribution is 6.30. The van der Waals surface area contributed by atoms with Gasteiger partial charge in [-0.15, -0.1) is 0 Å². The molecule has 0 unspecified atom stereocenters. The van der Waals surface area contributed by atoms with Gasteiger partial charge in [-0.05, 0) is 46.8 Å². The van der Waals surface area contributed by atoms with Gasteiger partial charge in [-0.2, -0.15) is 0 Å². The summed E-state index contributed by atoms with van der Waals surface area (Å²) >= 11 is 5.87. The Bertz CT molecular complexity index is 759. The number of pyridine rings is 1. The molecule has 0 aliphatic carbocycles. The summed E-state index contributed by atoms with van der Waals surface area (Å²) in [5.41, 5.74) is 2.97. The van der Waals surface area contributed by atoms with E-state index in [2.05, 4.69) is 11.1 Å². The molecule has 0 bridgehead atoms. The van der Waals surface area contributed by atoms with Crippen molar-refractivity contribution in [2.24, 2.45) is 0 Å². The number of H-pyrrole nitrogens is 1. The van der Waals surface area contributed by atoms with E-state index in [9.17, 15) is 4.79 Å². The standard InChI is InChI=1S/C15H10ClNO/c16-13-5-1-10(2-6-13)11-3-7-14-12(9-11)4-8-15(18)17-14/h1-9H,(H,17,18). The summed E-state index contributed by atoms with van der Waals surface area (Å²) in [6.45, 7) is 0. The van der Waals surface area contributed by atoms with E-state index in [1.165, 1.54) is 6.07 Å². The molecule has 3 heteroatoms. The summed E-state index contributed by atoms with van der Waals surface area (Å²) in [5.74, 6) is 0. The number of rotatable bonds is 1. The third kappa shape index (κ3) is 2.03. The number of aromatic amines is 1. The molecule has 0 aliphatic rings. The summed E-state index contributed by atoms with van der Waals surface area (Å²) < 4.78 is 0. The number of halogens is 1. The molecule has 3 rings (SSSR count). The quantitative estimate of drug-likeness (QED) is 0.704. The molecule has 2 nitrogen and oxygen atoms in total. The lowest BCUT2D eigenvalue weighted by molar-refractivity contribution is 1.31. The maximum Gasteiger partial charge on any atom is 0.248 e. The first-order valence-electron chi connectivity index (χ1n) is 5.61. The van der Waals surface area contributed by atoms with E-state index in [-0.39, 0.29) is 5.56 Å². The van der Waals surface area contributed by atoms with Crippen LogP contribution in [0.25, 0.3) is 22.0 Å². The lowest BCUT2D eigenvalue weighted by atomic mass is 10.0. The molecule has 0 saturated heterocycles. The topological polar surface area (TPSA) is 32.9 Å². The van der Waals surface area contributed by atoms with Gasteiger partial charge in [-0.3, -0.25) is 4.79 Å². The van der Waals surface area contributed by atoms with Gasteiger partial charge in [-0.1, -0.05) is 29.8 Å². The van der Waals surface area contributed by atoms with Crippen LogP contribution in [0.1, 0.15) is 0 Å². The first-order valence-corrected chi connectivity index (χ1v) is 5.99. The molecule has 88 valence electrons. The predicted molar refractivity (Wildman–Crippen MR) is 75.0 cm³/mol. The third-order valence-corrected chi connectivity index (χ3v) is 3.15. The Morgan fingerprint density at radius 2 is 1.56 bits per heavy atom. The average Bonchev–Trinajstić information content (AvgIpc) is 2.39. The molecule has 0 spiro atoms. The Morgan fingerprint density at radius 3 is 2.33 bits per heavy atom. The molecular formula is C15H10ClNO.